The number of anilines is 3. The molecule has 2 aromatic carbocycles. The summed E-state index contributed by atoms with van der Waals surface area (Å²) in [5, 5.41) is 7.32. The first kappa shape index (κ1) is 25.3. The van der Waals surface area contributed by atoms with E-state index in [9.17, 15) is 4.79 Å². The highest BCUT2D eigenvalue weighted by molar-refractivity contribution is 5.97. The maximum atomic E-state index is 12.9. The van der Waals surface area contributed by atoms with Crippen LogP contribution in [0.2, 0.25) is 0 Å². The van der Waals surface area contributed by atoms with Crippen molar-refractivity contribution < 1.29 is 19.0 Å². The van der Waals surface area contributed by atoms with Crippen LogP contribution >= 0.6 is 0 Å². The summed E-state index contributed by atoms with van der Waals surface area (Å²) in [6.45, 7) is 9.63. The number of likely N-dealkylation sites (tertiary alicyclic amines) is 1. The maximum Gasteiger partial charge on any atom is 0.281 e. The number of nitrogen functional groups attached to an aromatic ring is 1. The first-order valence-electron chi connectivity index (χ1n) is 12.1. The average molecular weight is 495 g/mol. The Morgan fingerprint density at radius 1 is 1.08 bits per heavy atom. The van der Waals surface area contributed by atoms with Crippen LogP contribution in [0, 0.1) is 0 Å². The molecule has 0 aliphatic carbocycles. The third kappa shape index (κ3) is 6.45. The molecule has 1 saturated heterocycles. The molecule has 10 nitrogen and oxygen atoms in total. The third-order valence-corrected chi connectivity index (χ3v) is 5.63. The number of ether oxygens (including phenoxy) is 3. The predicted molar refractivity (Wildman–Crippen MR) is 138 cm³/mol. The Morgan fingerprint density at radius 2 is 1.81 bits per heavy atom. The Bertz CT molecular complexity index is 1180. The van der Waals surface area contributed by atoms with Crippen LogP contribution in [0.4, 0.5) is 17.6 Å². The molecular formula is C26H34N6O4. The van der Waals surface area contributed by atoms with Gasteiger partial charge >= 0.3 is 0 Å². The lowest BCUT2D eigenvalue weighted by Gasteiger charge is -2.21. The Hall–Kier alpha value is -3.79. The summed E-state index contributed by atoms with van der Waals surface area (Å²) in [7, 11) is 1.59. The fourth-order valence-electron chi connectivity index (χ4n) is 3.95. The van der Waals surface area contributed by atoms with Crippen LogP contribution in [0.15, 0.2) is 42.5 Å². The van der Waals surface area contributed by atoms with Crippen LogP contribution in [-0.2, 0) is 0 Å². The zero-order valence-electron chi connectivity index (χ0n) is 21.3. The van der Waals surface area contributed by atoms with E-state index in [4.69, 9.17) is 19.9 Å². The van der Waals surface area contributed by atoms with E-state index in [1.165, 1.54) is 12.8 Å². The van der Waals surface area contributed by atoms with E-state index >= 15 is 0 Å². The number of hydrogen-bond donors (Lipinski definition) is 2. The van der Waals surface area contributed by atoms with Gasteiger partial charge in [0.2, 0.25) is 11.9 Å². The number of hydrogen-bond acceptors (Lipinski definition) is 9. The summed E-state index contributed by atoms with van der Waals surface area (Å²) in [5.74, 6) is 1.70. The van der Waals surface area contributed by atoms with E-state index in [0.717, 1.165) is 24.3 Å². The molecule has 3 N–H and O–H groups in total. The highest BCUT2D eigenvalue weighted by atomic mass is 16.5. The molecular weight excluding hydrogens is 460 g/mol. The number of benzene rings is 2. The van der Waals surface area contributed by atoms with E-state index in [0.29, 0.717) is 35.1 Å². The Labute approximate surface area is 211 Å². The molecule has 192 valence electrons. The normalized spacial score (nSPS) is 14.0. The lowest BCUT2D eigenvalue weighted by Crippen LogP contribution is -2.25. The van der Waals surface area contributed by atoms with Gasteiger partial charge in [-0.05, 0) is 83.1 Å². The lowest BCUT2D eigenvalue weighted by molar-refractivity contribution is 0.0948. The van der Waals surface area contributed by atoms with Crippen LogP contribution in [0.1, 0.15) is 44.0 Å². The number of methoxy groups -OCH3 is 1. The van der Waals surface area contributed by atoms with Crippen LogP contribution < -0.4 is 25.3 Å². The van der Waals surface area contributed by atoms with Gasteiger partial charge in [0, 0.05) is 23.9 Å². The molecule has 4 rings (SSSR count). The monoisotopic (exact) mass is 494 g/mol. The predicted octanol–water partition coefficient (Wildman–Crippen LogP) is 3.95. The number of rotatable bonds is 9. The highest BCUT2D eigenvalue weighted by Gasteiger charge is 2.18. The minimum Gasteiger partial charge on any atom is -0.493 e. The first-order chi connectivity index (χ1) is 17.2. The summed E-state index contributed by atoms with van der Waals surface area (Å²) in [6, 6.07) is 12.3. The molecule has 0 atom stereocenters. The van der Waals surface area contributed by atoms with Crippen LogP contribution in [-0.4, -0.2) is 64.5 Å². The van der Waals surface area contributed by atoms with Crippen molar-refractivity contribution in [3.05, 3.63) is 48.0 Å². The van der Waals surface area contributed by atoms with Crippen molar-refractivity contribution in [3.8, 4) is 17.2 Å². The number of nitrogens with two attached hydrogens (primary N) is 1. The van der Waals surface area contributed by atoms with E-state index in [-0.39, 0.29) is 17.5 Å². The first-order valence-corrected chi connectivity index (χ1v) is 12.1. The summed E-state index contributed by atoms with van der Waals surface area (Å²) in [4.78, 5) is 19.5. The fourth-order valence-corrected chi connectivity index (χ4v) is 3.95. The summed E-state index contributed by atoms with van der Waals surface area (Å²) in [6.07, 6.45) is 2.50. The second kappa shape index (κ2) is 10.9. The van der Waals surface area contributed by atoms with Crippen molar-refractivity contribution in [2.75, 3.05) is 44.4 Å². The molecule has 0 saturated carbocycles. The zero-order valence-corrected chi connectivity index (χ0v) is 21.3. The van der Waals surface area contributed by atoms with Gasteiger partial charge in [0.05, 0.1) is 7.11 Å². The van der Waals surface area contributed by atoms with Crippen molar-refractivity contribution in [1.82, 2.24) is 19.7 Å². The van der Waals surface area contributed by atoms with E-state index < -0.39 is 5.91 Å². The molecule has 3 aromatic rings. The maximum absolute atomic E-state index is 12.9. The average Bonchev–Trinajstić information content (AvgIpc) is 3.48. The summed E-state index contributed by atoms with van der Waals surface area (Å²) < 4.78 is 18.3. The van der Waals surface area contributed by atoms with Gasteiger partial charge in [-0.2, -0.15) is 9.67 Å². The number of carbonyl (C=O) groups excluding carboxylic acids is 1. The smallest absolute Gasteiger partial charge is 0.281 e. The van der Waals surface area contributed by atoms with Gasteiger partial charge in [-0.25, -0.2) is 0 Å². The van der Waals surface area contributed by atoms with Gasteiger partial charge in [0.1, 0.15) is 18.0 Å². The van der Waals surface area contributed by atoms with Crippen molar-refractivity contribution in [3.63, 3.8) is 0 Å². The van der Waals surface area contributed by atoms with Gasteiger partial charge in [-0.1, -0.05) is 0 Å². The van der Waals surface area contributed by atoms with Crippen molar-refractivity contribution >= 4 is 23.5 Å². The van der Waals surface area contributed by atoms with Crippen molar-refractivity contribution in [2.45, 2.75) is 39.2 Å². The van der Waals surface area contributed by atoms with Gasteiger partial charge in [-0.15, -0.1) is 5.10 Å². The molecule has 2 heterocycles. The molecule has 36 heavy (non-hydrogen) atoms. The lowest BCUT2D eigenvalue weighted by atomic mass is 10.1. The Morgan fingerprint density at radius 3 is 2.47 bits per heavy atom. The second-order valence-corrected chi connectivity index (χ2v) is 9.64. The summed E-state index contributed by atoms with van der Waals surface area (Å²) in [5.41, 5.74) is 6.74. The van der Waals surface area contributed by atoms with Crippen LogP contribution in [0.3, 0.4) is 0 Å². The van der Waals surface area contributed by atoms with Gasteiger partial charge in [0.15, 0.2) is 11.5 Å². The van der Waals surface area contributed by atoms with E-state index in [1.807, 2.05) is 32.9 Å². The minimum atomic E-state index is -0.394. The van der Waals surface area contributed by atoms with Crippen LogP contribution in [0.25, 0.3) is 0 Å². The molecule has 1 aliphatic heterocycles. The van der Waals surface area contributed by atoms with Crippen LogP contribution in [0.5, 0.6) is 17.2 Å². The van der Waals surface area contributed by atoms with Crippen molar-refractivity contribution in [1.29, 1.82) is 0 Å². The van der Waals surface area contributed by atoms with E-state index in [1.54, 1.807) is 37.4 Å². The molecule has 0 radical (unpaired) electrons. The highest BCUT2D eigenvalue weighted by Crippen LogP contribution is 2.31. The quantitative estimate of drug-likeness (QED) is 0.456. The standard InChI is InChI=1S/C26H34N6O4/c1-26(2,3)36-20-10-7-18(8-11-20)23(33)32-24(27)29-25(30-32)28-19-9-12-21(22(17-19)34-4)35-16-15-31-13-5-6-14-31/h7-12,17H,5-6,13-16H2,1-4H3,(H3,27,28,29,30). The molecule has 1 aliphatic rings. The Kier molecular flexibility index (Phi) is 7.64. The zero-order chi connectivity index (χ0) is 25.7. The number of aromatic nitrogens is 3. The topological polar surface area (TPSA) is 117 Å². The molecule has 0 unspecified atom stereocenters. The molecule has 10 heteroatoms. The van der Waals surface area contributed by atoms with Gasteiger partial charge < -0.3 is 25.3 Å². The fraction of sp³-hybridized carbons (Fsp3) is 0.423. The molecule has 1 aromatic heterocycles. The Balaban J connectivity index is 1.40. The van der Waals surface area contributed by atoms with E-state index in [2.05, 4.69) is 20.3 Å². The van der Waals surface area contributed by atoms with Gasteiger partial charge in [-0.3, -0.25) is 9.69 Å². The molecule has 1 fully saturated rings. The second-order valence-electron chi connectivity index (χ2n) is 9.64. The van der Waals surface area contributed by atoms with Crippen molar-refractivity contribution in [2.24, 2.45) is 0 Å². The number of nitrogens with zero attached hydrogens (tertiary/aromatic N) is 4. The molecule has 0 amide bonds. The number of nitrogens with one attached hydrogen (secondary N) is 1. The molecule has 0 spiro atoms. The SMILES string of the molecule is COc1cc(Nc2nc(N)n(C(=O)c3ccc(OC(C)(C)C)cc3)n2)ccc1OCCN1CCCC1. The molecule has 0 bridgehead atoms. The largest absolute Gasteiger partial charge is 0.493 e. The third-order valence-electron chi connectivity index (χ3n) is 5.63. The summed E-state index contributed by atoms with van der Waals surface area (Å²) >= 11 is 0. The minimum absolute atomic E-state index is 0.0219. The van der Waals surface area contributed by atoms with Gasteiger partial charge in [0.25, 0.3) is 5.91 Å². The number of carbonyl (C=O) groups is 1.